The molecule has 104 valence electrons. The monoisotopic (exact) mass is 267 g/mol. The Morgan fingerprint density at radius 3 is 2.74 bits per heavy atom. The molecule has 2 rings (SSSR count). The molecule has 1 atom stereocenters. The minimum Gasteiger partial charge on any atom is -0.336 e. The molecule has 19 heavy (non-hydrogen) atoms. The predicted molar refractivity (Wildman–Crippen MR) is 70.0 cm³/mol. The van der Waals surface area contributed by atoms with Crippen molar-refractivity contribution in [2.24, 2.45) is 0 Å². The maximum absolute atomic E-state index is 13.7. The van der Waals surface area contributed by atoms with Gasteiger partial charge in [-0.3, -0.25) is 4.79 Å². The first-order chi connectivity index (χ1) is 8.95. The molecule has 1 aliphatic rings. The normalized spacial score (nSPS) is 19.8. The van der Waals surface area contributed by atoms with E-state index in [4.69, 9.17) is 0 Å². The average Bonchev–Trinajstić information content (AvgIpc) is 2.86. The number of carbonyl (C=O) groups is 1. The van der Waals surface area contributed by atoms with Gasteiger partial charge in [-0.15, -0.1) is 0 Å². The van der Waals surface area contributed by atoms with Crippen LogP contribution < -0.4 is 0 Å². The highest BCUT2D eigenvalue weighted by molar-refractivity contribution is 5.76. The molecular weight excluding hydrogens is 248 g/mol. The van der Waals surface area contributed by atoms with Gasteiger partial charge in [-0.1, -0.05) is 31.2 Å². The van der Waals surface area contributed by atoms with Gasteiger partial charge in [0.05, 0.1) is 6.04 Å². The molecule has 1 fully saturated rings. The molecule has 0 radical (unpaired) electrons. The van der Waals surface area contributed by atoms with E-state index < -0.39 is 5.92 Å². The lowest BCUT2D eigenvalue weighted by Gasteiger charge is -2.28. The second-order valence-corrected chi connectivity index (χ2v) is 5.07. The molecule has 1 heterocycles. The number of hydrogen-bond acceptors (Lipinski definition) is 1. The molecule has 1 aromatic carbocycles. The van der Waals surface area contributed by atoms with Crippen molar-refractivity contribution in [3.63, 3.8) is 0 Å². The van der Waals surface area contributed by atoms with Crippen LogP contribution in [0.25, 0.3) is 0 Å². The lowest BCUT2D eigenvalue weighted by Crippen LogP contribution is -2.31. The Morgan fingerprint density at radius 2 is 2.11 bits per heavy atom. The maximum Gasteiger partial charge on any atom is 0.270 e. The van der Waals surface area contributed by atoms with E-state index in [0.717, 1.165) is 19.8 Å². The van der Waals surface area contributed by atoms with Crippen LogP contribution in [0.2, 0.25) is 0 Å². The summed E-state index contributed by atoms with van der Waals surface area (Å²) in [4.78, 5) is 13.6. The van der Waals surface area contributed by atoms with Crippen molar-refractivity contribution in [1.29, 1.82) is 0 Å². The summed E-state index contributed by atoms with van der Waals surface area (Å²) in [5, 5.41) is 0. The van der Waals surface area contributed by atoms with Gasteiger partial charge < -0.3 is 4.90 Å². The van der Waals surface area contributed by atoms with Crippen molar-refractivity contribution in [3.05, 3.63) is 35.4 Å². The van der Waals surface area contributed by atoms with Crippen molar-refractivity contribution >= 4 is 5.91 Å². The zero-order valence-electron chi connectivity index (χ0n) is 11.3. The van der Waals surface area contributed by atoms with Crippen LogP contribution in [0.15, 0.2) is 24.3 Å². The predicted octanol–water partition coefficient (Wildman–Crippen LogP) is 3.87. The number of likely N-dealkylation sites (tertiary alicyclic amines) is 1. The van der Waals surface area contributed by atoms with E-state index in [1.54, 1.807) is 30.0 Å². The van der Waals surface area contributed by atoms with Crippen molar-refractivity contribution in [3.8, 4) is 0 Å². The van der Waals surface area contributed by atoms with Gasteiger partial charge >= 0.3 is 0 Å². The summed E-state index contributed by atoms with van der Waals surface area (Å²) in [6.45, 7) is 3.38. The van der Waals surface area contributed by atoms with Crippen molar-refractivity contribution in [2.45, 2.75) is 45.1 Å². The van der Waals surface area contributed by atoms with E-state index in [2.05, 4.69) is 0 Å². The van der Waals surface area contributed by atoms with Crippen LogP contribution >= 0.6 is 0 Å². The topological polar surface area (TPSA) is 20.3 Å². The molecular formula is C15H19F2NO. The number of carbonyl (C=O) groups excluding carboxylic acids is 1. The Labute approximate surface area is 112 Å². The van der Waals surface area contributed by atoms with E-state index in [0.29, 0.717) is 18.5 Å². The molecule has 1 unspecified atom stereocenters. The molecule has 1 saturated heterocycles. The molecule has 1 aliphatic heterocycles. The Morgan fingerprint density at radius 1 is 1.42 bits per heavy atom. The van der Waals surface area contributed by atoms with Crippen LogP contribution in [0.3, 0.4) is 0 Å². The van der Waals surface area contributed by atoms with E-state index in [9.17, 15) is 13.6 Å². The first-order valence-electron chi connectivity index (χ1n) is 6.72. The third-order valence-corrected chi connectivity index (χ3v) is 3.67. The molecule has 2 nitrogen and oxygen atoms in total. The second kappa shape index (κ2) is 5.27. The minimum absolute atomic E-state index is 0.0378. The van der Waals surface area contributed by atoms with Crippen LogP contribution in [0.5, 0.6) is 0 Å². The fourth-order valence-electron chi connectivity index (χ4n) is 2.78. The summed E-state index contributed by atoms with van der Waals surface area (Å²) in [5.41, 5.74) is 0.630. The summed E-state index contributed by atoms with van der Waals surface area (Å²) >= 11 is 0. The Kier molecular flexibility index (Phi) is 3.88. The van der Waals surface area contributed by atoms with Crippen molar-refractivity contribution in [2.75, 3.05) is 6.54 Å². The highest BCUT2D eigenvalue weighted by atomic mass is 19.3. The molecule has 0 N–H and O–H groups in total. The van der Waals surface area contributed by atoms with Crippen molar-refractivity contribution in [1.82, 2.24) is 4.90 Å². The maximum atomic E-state index is 13.7. The molecule has 1 aromatic rings. The van der Waals surface area contributed by atoms with Gasteiger partial charge in [-0.05, 0) is 18.4 Å². The van der Waals surface area contributed by atoms with E-state index in [-0.39, 0.29) is 17.5 Å². The summed E-state index contributed by atoms with van der Waals surface area (Å²) in [7, 11) is 0. The number of halogens is 2. The van der Waals surface area contributed by atoms with Crippen LogP contribution in [0, 0.1) is 0 Å². The minimum atomic E-state index is -2.87. The fraction of sp³-hybridized carbons (Fsp3) is 0.533. The number of nitrogens with zero attached hydrogens (tertiary/aromatic N) is 1. The Balaban J connectivity index is 2.39. The molecule has 4 heteroatoms. The number of alkyl halides is 2. The lowest BCUT2D eigenvalue weighted by atomic mass is 9.95. The van der Waals surface area contributed by atoms with Crippen molar-refractivity contribution < 1.29 is 13.6 Å². The van der Waals surface area contributed by atoms with Gasteiger partial charge in [0.25, 0.3) is 5.92 Å². The molecule has 0 spiro atoms. The van der Waals surface area contributed by atoms with E-state index >= 15 is 0 Å². The Bertz CT molecular complexity index is 467. The third kappa shape index (κ3) is 2.77. The van der Waals surface area contributed by atoms with Crippen LogP contribution in [0.1, 0.15) is 50.3 Å². The Hall–Kier alpha value is -1.45. The summed E-state index contributed by atoms with van der Waals surface area (Å²) in [6, 6.07) is 6.37. The summed E-state index contributed by atoms with van der Waals surface area (Å²) < 4.78 is 27.4. The first kappa shape index (κ1) is 14.0. The summed E-state index contributed by atoms with van der Waals surface area (Å²) in [5.74, 6) is -2.84. The molecule has 0 bridgehead atoms. The van der Waals surface area contributed by atoms with Crippen LogP contribution in [-0.2, 0) is 10.7 Å². The third-order valence-electron chi connectivity index (χ3n) is 3.67. The van der Waals surface area contributed by atoms with Gasteiger partial charge in [0.1, 0.15) is 0 Å². The second-order valence-electron chi connectivity index (χ2n) is 5.07. The van der Waals surface area contributed by atoms with Crippen LogP contribution in [0.4, 0.5) is 8.78 Å². The van der Waals surface area contributed by atoms with Gasteiger partial charge in [-0.2, -0.15) is 0 Å². The average molecular weight is 267 g/mol. The number of amides is 1. The van der Waals surface area contributed by atoms with Gasteiger partial charge in [0.15, 0.2) is 0 Å². The molecule has 0 saturated carbocycles. The molecule has 0 aliphatic carbocycles. The van der Waals surface area contributed by atoms with Crippen LogP contribution in [-0.4, -0.2) is 17.4 Å². The number of hydrogen-bond donors (Lipinski definition) is 0. The number of rotatable bonds is 3. The SMILES string of the molecule is CCC(=O)N1CCCC1c1ccccc1C(C)(F)F. The first-order valence-corrected chi connectivity index (χ1v) is 6.72. The standard InChI is InChI=1S/C15H19F2NO/c1-3-14(19)18-10-6-9-13(18)11-7-4-5-8-12(11)15(2,16)17/h4-5,7-8,13H,3,6,9-10H2,1-2H3. The van der Waals surface area contributed by atoms with E-state index in [1.807, 2.05) is 0 Å². The quantitative estimate of drug-likeness (QED) is 0.814. The molecule has 1 amide bonds. The van der Waals surface area contributed by atoms with Gasteiger partial charge in [0, 0.05) is 25.5 Å². The van der Waals surface area contributed by atoms with E-state index in [1.165, 1.54) is 6.07 Å². The number of benzene rings is 1. The zero-order valence-corrected chi connectivity index (χ0v) is 11.3. The van der Waals surface area contributed by atoms with Gasteiger partial charge in [-0.25, -0.2) is 8.78 Å². The highest BCUT2D eigenvalue weighted by Gasteiger charge is 2.35. The zero-order chi connectivity index (χ0) is 14.0. The highest BCUT2D eigenvalue weighted by Crippen LogP contribution is 2.39. The fourth-order valence-corrected chi connectivity index (χ4v) is 2.78. The smallest absolute Gasteiger partial charge is 0.270 e. The lowest BCUT2D eigenvalue weighted by molar-refractivity contribution is -0.131. The molecule has 0 aromatic heterocycles. The summed E-state index contributed by atoms with van der Waals surface area (Å²) in [6.07, 6.45) is 2.06. The van der Waals surface area contributed by atoms with Gasteiger partial charge in [0.2, 0.25) is 5.91 Å². The largest absolute Gasteiger partial charge is 0.336 e.